The molecule has 0 spiro atoms. The summed E-state index contributed by atoms with van der Waals surface area (Å²) in [6.45, 7) is 1.55. The smallest absolute Gasteiger partial charge is 0.246 e. The molecule has 0 amide bonds. The quantitative estimate of drug-likeness (QED) is 0.855. The molecule has 106 valence electrons. The number of rotatable bonds is 2. The summed E-state index contributed by atoms with van der Waals surface area (Å²) < 4.78 is 5.85. The van der Waals surface area contributed by atoms with Gasteiger partial charge in [-0.15, -0.1) is 11.3 Å². The highest BCUT2D eigenvalue weighted by Crippen LogP contribution is 2.43. The number of ether oxygens (including phenoxy) is 1. The third kappa shape index (κ3) is 1.96. The van der Waals surface area contributed by atoms with E-state index in [2.05, 4.69) is 17.2 Å². The lowest BCUT2D eigenvalue weighted by atomic mass is 9.98. The van der Waals surface area contributed by atoms with Crippen LogP contribution in [0, 0.1) is 0 Å². The number of nitrogens with zero attached hydrogens (tertiary/aromatic N) is 2. The number of hydrazone groups is 1. The second-order valence-corrected chi connectivity index (χ2v) is 6.19. The van der Waals surface area contributed by atoms with Gasteiger partial charge in [0.2, 0.25) is 6.23 Å². The van der Waals surface area contributed by atoms with E-state index in [1.54, 1.807) is 18.3 Å². The Morgan fingerprint density at radius 3 is 2.95 bits per heavy atom. The lowest BCUT2D eigenvalue weighted by molar-refractivity contribution is -0.135. The first kappa shape index (κ1) is 12.6. The Hall–Kier alpha value is -2.14. The molecule has 2 aliphatic heterocycles. The fraction of sp³-hybridized carbons (Fsp3) is 0.250. The molecule has 21 heavy (non-hydrogen) atoms. The van der Waals surface area contributed by atoms with Gasteiger partial charge in [0.05, 0.1) is 16.6 Å². The van der Waals surface area contributed by atoms with Crippen LogP contribution in [0.25, 0.3) is 0 Å². The molecule has 0 unspecified atom stereocenters. The molecular weight excluding hydrogens is 284 g/mol. The maximum Gasteiger partial charge on any atom is 0.246 e. The highest BCUT2D eigenvalue weighted by atomic mass is 32.1. The van der Waals surface area contributed by atoms with Gasteiger partial charge in [0, 0.05) is 18.9 Å². The highest BCUT2D eigenvalue weighted by Gasteiger charge is 2.42. The van der Waals surface area contributed by atoms with Gasteiger partial charge in [0.1, 0.15) is 5.75 Å². The summed E-state index contributed by atoms with van der Waals surface area (Å²) in [6, 6.07) is 12.1. The van der Waals surface area contributed by atoms with Crippen LogP contribution >= 0.6 is 11.3 Å². The summed E-state index contributed by atoms with van der Waals surface area (Å²) in [7, 11) is 0. The number of fused-ring (bicyclic) bond motifs is 3. The molecule has 4 rings (SSSR count). The maximum atomic E-state index is 11.9. The third-order valence-corrected chi connectivity index (χ3v) is 4.77. The minimum Gasteiger partial charge on any atom is -0.461 e. The number of carbonyl (C=O) groups excluding carboxylic acids is 1. The van der Waals surface area contributed by atoms with Crippen molar-refractivity contribution in [2.45, 2.75) is 25.6 Å². The van der Waals surface area contributed by atoms with E-state index >= 15 is 0 Å². The molecule has 0 N–H and O–H groups in total. The second kappa shape index (κ2) is 4.70. The summed E-state index contributed by atoms with van der Waals surface area (Å²) in [5, 5.41) is 8.53. The molecule has 0 bridgehead atoms. The van der Waals surface area contributed by atoms with Crippen LogP contribution in [-0.4, -0.2) is 22.7 Å². The summed E-state index contributed by atoms with van der Waals surface area (Å²) in [5.41, 5.74) is 2.13. The molecule has 0 fully saturated rings. The van der Waals surface area contributed by atoms with Crippen molar-refractivity contribution >= 4 is 22.8 Å². The van der Waals surface area contributed by atoms with E-state index in [0.717, 1.165) is 28.3 Å². The van der Waals surface area contributed by atoms with Gasteiger partial charge in [0.15, 0.2) is 5.78 Å². The first-order chi connectivity index (χ1) is 10.2. The SMILES string of the molecule is CC(=O)[C@H]1Oc2ccccc2[C@@H]2CC(c3cccs3)=NN12. The molecule has 3 heterocycles. The van der Waals surface area contributed by atoms with Gasteiger partial charge in [-0.05, 0) is 17.5 Å². The van der Waals surface area contributed by atoms with Gasteiger partial charge in [-0.25, -0.2) is 5.01 Å². The normalized spacial score (nSPS) is 23.1. The van der Waals surface area contributed by atoms with Crippen molar-refractivity contribution in [3.05, 3.63) is 52.2 Å². The number of Topliss-reactive ketones (excluding diaryl/α,β-unsaturated/α-hetero) is 1. The Bertz CT molecular complexity index is 724. The van der Waals surface area contributed by atoms with Crippen LogP contribution in [0.3, 0.4) is 0 Å². The molecule has 1 aromatic carbocycles. The minimum absolute atomic E-state index is 0.0225. The largest absolute Gasteiger partial charge is 0.461 e. The van der Waals surface area contributed by atoms with Crippen molar-refractivity contribution in [2.24, 2.45) is 5.10 Å². The molecule has 4 nitrogen and oxygen atoms in total. The van der Waals surface area contributed by atoms with Gasteiger partial charge in [0.25, 0.3) is 0 Å². The predicted octanol–water partition coefficient (Wildman–Crippen LogP) is 3.21. The number of para-hydroxylation sites is 1. The highest BCUT2D eigenvalue weighted by molar-refractivity contribution is 7.12. The first-order valence-corrected chi connectivity index (χ1v) is 7.78. The van der Waals surface area contributed by atoms with Gasteiger partial charge < -0.3 is 4.74 Å². The number of thiophene rings is 1. The first-order valence-electron chi connectivity index (χ1n) is 6.90. The minimum atomic E-state index is -0.623. The van der Waals surface area contributed by atoms with Crippen LogP contribution in [0.4, 0.5) is 0 Å². The van der Waals surface area contributed by atoms with Crippen molar-refractivity contribution in [3.8, 4) is 5.75 Å². The predicted molar refractivity (Wildman–Crippen MR) is 81.6 cm³/mol. The number of hydrogen-bond acceptors (Lipinski definition) is 5. The Kier molecular flexibility index (Phi) is 2.82. The zero-order valence-corrected chi connectivity index (χ0v) is 12.3. The van der Waals surface area contributed by atoms with Gasteiger partial charge in [-0.2, -0.15) is 5.10 Å². The van der Waals surface area contributed by atoms with Crippen LogP contribution in [0.15, 0.2) is 46.9 Å². The monoisotopic (exact) mass is 298 g/mol. The van der Waals surface area contributed by atoms with Crippen molar-refractivity contribution < 1.29 is 9.53 Å². The molecule has 1 aromatic heterocycles. The second-order valence-electron chi connectivity index (χ2n) is 5.24. The van der Waals surface area contributed by atoms with E-state index in [9.17, 15) is 4.79 Å². The van der Waals surface area contributed by atoms with Crippen molar-refractivity contribution in [2.75, 3.05) is 0 Å². The van der Waals surface area contributed by atoms with Gasteiger partial charge in [-0.3, -0.25) is 4.79 Å². The number of hydrogen-bond donors (Lipinski definition) is 0. The van der Waals surface area contributed by atoms with E-state index < -0.39 is 6.23 Å². The standard InChI is InChI=1S/C16H14N2O2S/c1-10(19)16-18-13(11-5-2-3-6-14(11)20-16)9-12(17-18)15-7-4-8-21-15/h2-8,13,16H,9H2,1H3/t13-,16+/m0/s1. The summed E-state index contributed by atoms with van der Waals surface area (Å²) >= 11 is 1.67. The summed E-state index contributed by atoms with van der Waals surface area (Å²) in [6.07, 6.45) is 0.187. The third-order valence-electron chi connectivity index (χ3n) is 3.85. The Morgan fingerprint density at radius 1 is 1.33 bits per heavy atom. The molecule has 2 aliphatic rings. The average Bonchev–Trinajstić information content (AvgIpc) is 3.15. The fourth-order valence-electron chi connectivity index (χ4n) is 2.89. The number of benzene rings is 1. The van der Waals surface area contributed by atoms with Crippen LogP contribution in [0.2, 0.25) is 0 Å². The molecule has 5 heteroatoms. The van der Waals surface area contributed by atoms with Crippen molar-refractivity contribution in [3.63, 3.8) is 0 Å². The van der Waals surface area contributed by atoms with Crippen LogP contribution in [-0.2, 0) is 4.79 Å². The molecule has 0 aliphatic carbocycles. The van der Waals surface area contributed by atoms with Gasteiger partial charge in [-0.1, -0.05) is 24.3 Å². The van der Waals surface area contributed by atoms with E-state index in [4.69, 9.17) is 4.74 Å². The summed E-state index contributed by atoms with van der Waals surface area (Å²) in [4.78, 5) is 13.1. The molecule has 0 saturated carbocycles. The topological polar surface area (TPSA) is 41.9 Å². The lowest BCUT2D eigenvalue weighted by Crippen LogP contribution is -2.44. The lowest BCUT2D eigenvalue weighted by Gasteiger charge is -2.36. The molecule has 0 saturated heterocycles. The zero-order valence-electron chi connectivity index (χ0n) is 11.5. The van der Waals surface area contributed by atoms with Crippen LogP contribution < -0.4 is 4.74 Å². The average molecular weight is 298 g/mol. The molecule has 0 radical (unpaired) electrons. The van der Waals surface area contributed by atoms with Crippen molar-refractivity contribution in [1.29, 1.82) is 0 Å². The Morgan fingerprint density at radius 2 is 2.19 bits per heavy atom. The molecular formula is C16H14N2O2S. The van der Waals surface area contributed by atoms with E-state index in [-0.39, 0.29) is 11.8 Å². The van der Waals surface area contributed by atoms with Crippen LogP contribution in [0.1, 0.15) is 29.8 Å². The Balaban J connectivity index is 1.78. The number of carbonyl (C=O) groups is 1. The summed E-state index contributed by atoms with van der Waals surface area (Å²) in [5.74, 6) is 0.771. The molecule has 2 atom stereocenters. The van der Waals surface area contributed by atoms with E-state index in [1.165, 1.54) is 0 Å². The number of ketones is 1. The maximum absolute atomic E-state index is 11.9. The van der Waals surface area contributed by atoms with Gasteiger partial charge >= 0.3 is 0 Å². The van der Waals surface area contributed by atoms with Crippen LogP contribution in [0.5, 0.6) is 5.75 Å². The fourth-order valence-corrected chi connectivity index (χ4v) is 3.62. The molecule has 2 aromatic rings. The van der Waals surface area contributed by atoms with E-state index in [0.29, 0.717) is 0 Å². The Labute approximate surface area is 126 Å². The van der Waals surface area contributed by atoms with E-state index in [1.807, 2.05) is 34.7 Å². The van der Waals surface area contributed by atoms with Crippen molar-refractivity contribution in [1.82, 2.24) is 5.01 Å². The zero-order chi connectivity index (χ0) is 14.4.